The molecule has 0 unspecified atom stereocenters. The molecule has 0 saturated carbocycles. The van der Waals surface area contributed by atoms with Crippen LogP contribution in [0, 0.1) is 6.92 Å². The van der Waals surface area contributed by atoms with Gasteiger partial charge in [0.25, 0.3) is 5.91 Å². The van der Waals surface area contributed by atoms with Gasteiger partial charge in [-0.3, -0.25) is 4.79 Å². The van der Waals surface area contributed by atoms with Gasteiger partial charge >= 0.3 is 0 Å². The van der Waals surface area contributed by atoms with Crippen LogP contribution in [0.25, 0.3) is 0 Å². The molecule has 0 radical (unpaired) electrons. The van der Waals surface area contributed by atoms with Gasteiger partial charge in [0.2, 0.25) is 0 Å². The van der Waals surface area contributed by atoms with E-state index in [4.69, 9.17) is 4.74 Å². The molecule has 0 bridgehead atoms. The molecule has 0 heterocycles. The maximum Gasteiger partial charge on any atom is 0.257 e. The van der Waals surface area contributed by atoms with Gasteiger partial charge in [-0.2, -0.15) is 0 Å². The number of aromatic hydroxyl groups is 1. The Morgan fingerprint density at radius 1 is 1.19 bits per heavy atom. The van der Waals surface area contributed by atoms with E-state index < -0.39 is 0 Å². The molecule has 0 spiro atoms. The first kappa shape index (κ1) is 14.9. The molecule has 4 heteroatoms. The van der Waals surface area contributed by atoms with Crippen LogP contribution < -0.4 is 4.74 Å². The minimum Gasteiger partial charge on any atom is -0.504 e. The molecule has 0 saturated heterocycles. The Morgan fingerprint density at radius 3 is 2.57 bits per heavy atom. The second-order valence-electron chi connectivity index (χ2n) is 4.94. The van der Waals surface area contributed by atoms with Crippen LogP contribution in [0.5, 0.6) is 11.5 Å². The summed E-state index contributed by atoms with van der Waals surface area (Å²) in [4.78, 5) is 14.0. The van der Waals surface area contributed by atoms with Crippen LogP contribution in [0.15, 0.2) is 42.5 Å². The quantitative estimate of drug-likeness (QED) is 0.939. The molecule has 0 fully saturated rings. The standard InChI is InChI=1S/C17H19NO3/c1-12-7-4-5-8-13(12)11-18(2)17(20)14-9-6-10-15(21-3)16(14)19/h4-10,19H,11H2,1-3H3. The number of nitrogens with zero attached hydrogens (tertiary/aromatic N) is 1. The summed E-state index contributed by atoms with van der Waals surface area (Å²) in [6.07, 6.45) is 0. The summed E-state index contributed by atoms with van der Waals surface area (Å²) in [6, 6.07) is 12.8. The average molecular weight is 285 g/mol. The van der Waals surface area contributed by atoms with E-state index in [9.17, 15) is 9.90 Å². The van der Waals surface area contributed by atoms with E-state index in [0.29, 0.717) is 12.3 Å². The molecule has 0 aromatic heterocycles. The summed E-state index contributed by atoms with van der Waals surface area (Å²) in [6.45, 7) is 2.50. The van der Waals surface area contributed by atoms with Crippen molar-refractivity contribution in [3.8, 4) is 11.5 Å². The number of hydrogen-bond donors (Lipinski definition) is 1. The molecule has 0 aliphatic heterocycles. The molecule has 0 atom stereocenters. The number of hydrogen-bond acceptors (Lipinski definition) is 3. The lowest BCUT2D eigenvalue weighted by atomic mass is 10.1. The summed E-state index contributed by atoms with van der Waals surface area (Å²) in [5, 5.41) is 10.1. The predicted octanol–water partition coefficient (Wildman–Crippen LogP) is 2.98. The molecule has 21 heavy (non-hydrogen) atoms. The lowest BCUT2D eigenvalue weighted by Crippen LogP contribution is -2.26. The van der Waals surface area contributed by atoms with E-state index in [0.717, 1.165) is 11.1 Å². The molecule has 2 aromatic carbocycles. The van der Waals surface area contributed by atoms with Crippen LogP contribution in [0.1, 0.15) is 21.5 Å². The van der Waals surface area contributed by atoms with E-state index in [1.165, 1.54) is 7.11 Å². The highest BCUT2D eigenvalue weighted by atomic mass is 16.5. The lowest BCUT2D eigenvalue weighted by Gasteiger charge is -2.19. The summed E-state index contributed by atoms with van der Waals surface area (Å²) in [5.41, 5.74) is 2.45. The highest BCUT2D eigenvalue weighted by molar-refractivity contribution is 5.97. The fourth-order valence-corrected chi connectivity index (χ4v) is 2.18. The van der Waals surface area contributed by atoms with Crippen LogP contribution >= 0.6 is 0 Å². The number of aryl methyl sites for hydroxylation is 1. The van der Waals surface area contributed by atoms with Gasteiger partial charge in [0.05, 0.1) is 12.7 Å². The van der Waals surface area contributed by atoms with Crippen molar-refractivity contribution in [2.75, 3.05) is 14.2 Å². The predicted molar refractivity (Wildman–Crippen MR) is 81.6 cm³/mol. The van der Waals surface area contributed by atoms with E-state index in [1.807, 2.05) is 31.2 Å². The molecular weight excluding hydrogens is 266 g/mol. The van der Waals surface area contributed by atoms with E-state index >= 15 is 0 Å². The highest BCUT2D eigenvalue weighted by Crippen LogP contribution is 2.30. The van der Waals surface area contributed by atoms with Crippen LogP contribution in [-0.4, -0.2) is 30.1 Å². The van der Waals surface area contributed by atoms with Crippen molar-refractivity contribution in [3.05, 3.63) is 59.2 Å². The number of rotatable bonds is 4. The Labute approximate surface area is 124 Å². The zero-order valence-electron chi connectivity index (χ0n) is 12.5. The first-order chi connectivity index (χ1) is 10.0. The van der Waals surface area contributed by atoms with Crippen LogP contribution in [-0.2, 0) is 6.54 Å². The van der Waals surface area contributed by atoms with Gasteiger partial charge in [0.15, 0.2) is 11.5 Å². The van der Waals surface area contributed by atoms with Crippen molar-refractivity contribution in [3.63, 3.8) is 0 Å². The van der Waals surface area contributed by atoms with Gasteiger partial charge in [-0.05, 0) is 30.2 Å². The van der Waals surface area contributed by atoms with E-state index in [2.05, 4.69) is 0 Å². The molecular formula is C17H19NO3. The van der Waals surface area contributed by atoms with Crippen molar-refractivity contribution >= 4 is 5.91 Å². The maximum atomic E-state index is 12.5. The molecule has 1 N–H and O–H groups in total. The van der Waals surface area contributed by atoms with Crippen LogP contribution in [0.3, 0.4) is 0 Å². The minimum atomic E-state index is -0.241. The number of phenols is 1. The van der Waals surface area contributed by atoms with Crippen molar-refractivity contribution in [1.82, 2.24) is 4.90 Å². The Morgan fingerprint density at radius 2 is 1.90 bits per heavy atom. The fraction of sp³-hybridized carbons (Fsp3) is 0.235. The van der Waals surface area contributed by atoms with Gasteiger partial charge in [-0.25, -0.2) is 0 Å². The van der Waals surface area contributed by atoms with Crippen molar-refractivity contribution in [2.45, 2.75) is 13.5 Å². The Balaban J connectivity index is 2.22. The first-order valence-corrected chi connectivity index (χ1v) is 6.70. The van der Waals surface area contributed by atoms with Crippen LogP contribution in [0.4, 0.5) is 0 Å². The van der Waals surface area contributed by atoms with Crippen molar-refractivity contribution in [1.29, 1.82) is 0 Å². The second kappa shape index (κ2) is 6.31. The summed E-state index contributed by atoms with van der Waals surface area (Å²) >= 11 is 0. The second-order valence-corrected chi connectivity index (χ2v) is 4.94. The summed E-state index contributed by atoms with van der Waals surface area (Å²) in [5.74, 6) is -0.0681. The SMILES string of the molecule is COc1cccc(C(=O)N(C)Cc2ccccc2C)c1O. The number of para-hydroxylation sites is 1. The zero-order valence-corrected chi connectivity index (χ0v) is 12.5. The maximum absolute atomic E-state index is 12.5. The number of benzene rings is 2. The molecule has 2 aromatic rings. The van der Waals surface area contributed by atoms with E-state index in [1.54, 1.807) is 30.1 Å². The molecule has 110 valence electrons. The summed E-state index contributed by atoms with van der Waals surface area (Å²) in [7, 11) is 3.17. The number of phenolic OH excluding ortho intramolecular Hbond substituents is 1. The smallest absolute Gasteiger partial charge is 0.257 e. The summed E-state index contributed by atoms with van der Waals surface area (Å²) < 4.78 is 5.03. The van der Waals surface area contributed by atoms with Gasteiger partial charge in [0.1, 0.15) is 0 Å². The molecule has 0 aliphatic rings. The monoisotopic (exact) mass is 285 g/mol. The van der Waals surface area contributed by atoms with Crippen LogP contribution in [0.2, 0.25) is 0 Å². The largest absolute Gasteiger partial charge is 0.504 e. The minimum absolute atomic E-state index is 0.123. The van der Waals surface area contributed by atoms with Gasteiger partial charge in [-0.1, -0.05) is 30.3 Å². The third-order valence-corrected chi connectivity index (χ3v) is 3.46. The number of methoxy groups -OCH3 is 1. The lowest BCUT2D eigenvalue weighted by molar-refractivity contribution is 0.0781. The Hall–Kier alpha value is -2.49. The van der Waals surface area contributed by atoms with Crippen molar-refractivity contribution < 1.29 is 14.6 Å². The average Bonchev–Trinajstić information content (AvgIpc) is 2.49. The molecule has 0 aliphatic carbocycles. The molecule has 1 amide bonds. The molecule has 2 rings (SSSR count). The number of ether oxygens (including phenoxy) is 1. The topological polar surface area (TPSA) is 49.8 Å². The van der Waals surface area contributed by atoms with E-state index in [-0.39, 0.29) is 17.2 Å². The first-order valence-electron chi connectivity index (χ1n) is 6.70. The van der Waals surface area contributed by atoms with Crippen molar-refractivity contribution in [2.24, 2.45) is 0 Å². The number of carbonyl (C=O) groups excluding carboxylic acids is 1. The number of amides is 1. The van der Waals surface area contributed by atoms with Gasteiger partial charge in [-0.15, -0.1) is 0 Å². The number of carbonyl (C=O) groups is 1. The van der Waals surface area contributed by atoms with Gasteiger partial charge in [0, 0.05) is 13.6 Å². The fourth-order valence-electron chi connectivity index (χ4n) is 2.18. The Bertz CT molecular complexity index is 652. The normalized spacial score (nSPS) is 10.2. The zero-order chi connectivity index (χ0) is 15.4. The highest BCUT2D eigenvalue weighted by Gasteiger charge is 2.18. The Kier molecular flexibility index (Phi) is 4.48. The third kappa shape index (κ3) is 3.16. The van der Waals surface area contributed by atoms with Gasteiger partial charge < -0.3 is 14.7 Å². The third-order valence-electron chi connectivity index (χ3n) is 3.46. The molecule has 4 nitrogen and oxygen atoms in total.